The number of hydrogen-bond donors (Lipinski definition) is 1. The molecule has 3 aromatic heterocycles. The van der Waals surface area contributed by atoms with Gasteiger partial charge >= 0.3 is 0 Å². The molecular formula is C53H33N5O. The maximum atomic E-state index is 6.76. The SMILES string of the molecule is c1ccc2cc(C3N=C(n4c5ccccc5c5ccccc54)N=C(c4cc(-n5c6ccccc6c6cc7ccccc7cc65)c5c(c4)oc4ccccc45)N3)ccc2c1. The third kappa shape index (κ3) is 4.80. The number of nitrogens with zero attached hydrogens (tertiary/aromatic N) is 4. The summed E-state index contributed by atoms with van der Waals surface area (Å²) in [6.45, 7) is 0. The molecule has 0 fully saturated rings. The normalized spacial score (nSPS) is 14.6. The summed E-state index contributed by atoms with van der Waals surface area (Å²) in [5, 5.41) is 15.4. The van der Waals surface area contributed by atoms with Crippen molar-refractivity contribution in [2.45, 2.75) is 6.17 Å². The fourth-order valence-corrected chi connectivity index (χ4v) is 9.43. The molecule has 0 radical (unpaired) electrons. The van der Waals surface area contributed by atoms with Crippen LogP contribution in [0.25, 0.3) is 92.8 Å². The molecule has 59 heavy (non-hydrogen) atoms. The van der Waals surface area contributed by atoms with E-state index >= 15 is 0 Å². The Morgan fingerprint density at radius 1 is 0.441 bits per heavy atom. The minimum atomic E-state index is -0.420. The Bertz CT molecular complexity index is 3730. The number of nitrogens with one attached hydrogen (secondary N) is 1. The van der Waals surface area contributed by atoms with Crippen LogP contribution in [0.5, 0.6) is 0 Å². The number of fused-ring (bicyclic) bond motifs is 11. The van der Waals surface area contributed by atoms with Crippen LogP contribution in [0, 0.1) is 0 Å². The second-order valence-corrected chi connectivity index (χ2v) is 15.4. The van der Waals surface area contributed by atoms with Crippen LogP contribution in [0.4, 0.5) is 0 Å². The van der Waals surface area contributed by atoms with Gasteiger partial charge in [0.15, 0.2) is 0 Å². The number of furan rings is 1. The molecule has 0 aliphatic carbocycles. The largest absolute Gasteiger partial charge is 0.456 e. The molecule has 1 N–H and O–H groups in total. The average molecular weight is 756 g/mol. The Morgan fingerprint density at radius 2 is 1.02 bits per heavy atom. The van der Waals surface area contributed by atoms with Gasteiger partial charge in [-0.3, -0.25) is 4.57 Å². The molecule has 276 valence electrons. The van der Waals surface area contributed by atoms with Crippen molar-refractivity contribution in [1.29, 1.82) is 0 Å². The highest BCUT2D eigenvalue weighted by Crippen LogP contribution is 2.41. The van der Waals surface area contributed by atoms with E-state index in [1.165, 1.54) is 26.9 Å². The van der Waals surface area contributed by atoms with Gasteiger partial charge in [-0.1, -0.05) is 133 Å². The molecule has 6 heteroatoms. The summed E-state index contributed by atoms with van der Waals surface area (Å²) in [7, 11) is 0. The molecule has 9 aromatic carbocycles. The number of amidine groups is 1. The summed E-state index contributed by atoms with van der Waals surface area (Å²) in [5.74, 6) is 1.33. The highest BCUT2D eigenvalue weighted by molar-refractivity contribution is 6.20. The summed E-state index contributed by atoms with van der Waals surface area (Å²) in [6, 6.07) is 66.8. The number of benzene rings is 9. The summed E-state index contributed by atoms with van der Waals surface area (Å²) < 4.78 is 11.4. The molecule has 0 amide bonds. The molecule has 4 heterocycles. The van der Waals surface area contributed by atoms with E-state index in [1.54, 1.807) is 0 Å². The minimum Gasteiger partial charge on any atom is -0.456 e. The summed E-state index contributed by atoms with van der Waals surface area (Å²) in [6.07, 6.45) is -0.420. The third-order valence-corrected chi connectivity index (χ3v) is 12.1. The molecule has 0 spiro atoms. The molecule has 12 aromatic rings. The highest BCUT2D eigenvalue weighted by Gasteiger charge is 2.26. The number of hydrogen-bond acceptors (Lipinski definition) is 4. The van der Waals surface area contributed by atoms with Crippen molar-refractivity contribution >= 4 is 98.9 Å². The Hall–Kier alpha value is -7.96. The first-order chi connectivity index (χ1) is 29.2. The van der Waals surface area contributed by atoms with Crippen LogP contribution in [-0.2, 0) is 0 Å². The van der Waals surface area contributed by atoms with E-state index in [0.717, 1.165) is 77.0 Å². The van der Waals surface area contributed by atoms with Crippen molar-refractivity contribution in [2.24, 2.45) is 9.98 Å². The monoisotopic (exact) mass is 755 g/mol. The number of rotatable bonds is 3. The van der Waals surface area contributed by atoms with E-state index < -0.39 is 6.17 Å². The van der Waals surface area contributed by atoms with E-state index in [4.69, 9.17) is 14.4 Å². The predicted molar refractivity (Wildman–Crippen MR) is 244 cm³/mol. The number of para-hydroxylation sites is 4. The lowest BCUT2D eigenvalue weighted by atomic mass is 10.0. The molecule has 0 bridgehead atoms. The van der Waals surface area contributed by atoms with Gasteiger partial charge in [0.1, 0.15) is 23.2 Å². The van der Waals surface area contributed by atoms with E-state index in [9.17, 15) is 0 Å². The van der Waals surface area contributed by atoms with Gasteiger partial charge in [-0.15, -0.1) is 0 Å². The van der Waals surface area contributed by atoms with Crippen LogP contribution in [-0.4, -0.2) is 20.9 Å². The Balaban J connectivity index is 1.10. The molecule has 6 nitrogen and oxygen atoms in total. The van der Waals surface area contributed by atoms with Gasteiger partial charge in [-0.25, -0.2) is 4.99 Å². The van der Waals surface area contributed by atoms with Gasteiger partial charge in [0, 0.05) is 32.5 Å². The smallest absolute Gasteiger partial charge is 0.234 e. The second-order valence-electron chi connectivity index (χ2n) is 15.4. The lowest BCUT2D eigenvalue weighted by molar-refractivity contribution is 0.664. The van der Waals surface area contributed by atoms with Crippen molar-refractivity contribution in [2.75, 3.05) is 0 Å². The van der Waals surface area contributed by atoms with Crippen LogP contribution in [0.2, 0.25) is 0 Å². The van der Waals surface area contributed by atoms with Gasteiger partial charge < -0.3 is 14.3 Å². The summed E-state index contributed by atoms with van der Waals surface area (Å²) >= 11 is 0. The molecule has 1 aliphatic heterocycles. The van der Waals surface area contributed by atoms with Gasteiger partial charge in [0.2, 0.25) is 5.96 Å². The van der Waals surface area contributed by atoms with Crippen LogP contribution < -0.4 is 5.32 Å². The molecule has 1 atom stereocenters. The number of aliphatic imine (C=N–C) groups is 2. The van der Waals surface area contributed by atoms with Gasteiger partial charge in [0.05, 0.1) is 33.1 Å². The Kier molecular flexibility index (Phi) is 6.69. The lowest BCUT2D eigenvalue weighted by Crippen LogP contribution is -2.35. The van der Waals surface area contributed by atoms with Gasteiger partial charge in [-0.05, 0) is 81.7 Å². The van der Waals surface area contributed by atoms with Gasteiger partial charge in [0.25, 0.3) is 0 Å². The van der Waals surface area contributed by atoms with Crippen molar-refractivity contribution < 1.29 is 4.42 Å². The van der Waals surface area contributed by atoms with E-state index in [0.29, 0.717) is 11.8 Å². The topological polar surface area (TPSA) is 59.8 Å². The summed E-state index contributed by atoms with van der Waals surface area (Å²) in [4.78, 5) is 10.9. The maximum absolute atomic E-state index is 6.76. The zero-order valence-corrected chi connectivity index (χ0v) is 31.7. The fraction of sp³-hybridized carbons (Fsp3) is 0.0189. The lowest BCUT2D eigenvalue weighted by Gasteiger charge is -2.25. The molecule has 1 unspecified atom stereocenters. The zero-order chi connectivity index (χ0) is 38.6. The fourth-order valence-electron chi connectivity index (χ4n) is 9.43. The molecular weight excluding hydrogens is 723 g/mol. The second kappa shape index (κ2) is 12.3. The van der Waals surface area contributed by atoms with Crippen molar-refractivity contribution in [3.8, 4) is 5.69 Å². The first-order valence-corrected chi connectivity index (χ1v) is 20.0. The molecule has 0 saturated heterocycles. The van der Waals surface area contributed by atoms with Crippen LogP contribution in [0.3, 0.4) is 0 Å². The van der Waals surface area contributed by atoms with Gasteiger partial charge in [-0.2, -0.15) is 4.99 Å². The van der Waals surface area contributed by atoms with E-state index in [2.05, 4.69) is 196 Å². The quantitative estimate of drug-likeness (QED) is 0.195. The third-order valence-electron chi connectivity index (χ3n) is 12.1. The minimum absolute atomic E-state index is 0.420. The van der Waals surface area contributed by atoms with Crippen molar-refractivity contribution in [3.63, 3.8) is 0 Å². The average Bonchev–Trinajstić information content (AvgIpc) is 3.95. The molecule has 1 aliphatic rings. The first-order valence-electron chi connectivity index (χ1n) is 20.0. The number of aromatic nitrogens is 2. The first kappa shape index (κ1) is 32.2. The zero-order valence-electron chi connectivity index (χ0n) is 31.7. The Labute approximate surface area is 337 Å². The van der Waals surface area contributed by atoms with E-state index in [-0.39, 0.29) is 0 Å². The Morgan fingerprint density at radius 3 is 1.75 bits per heavy atom. The summed E-state index contributed by atoms with van der Waals surface area (Å²) in [5.41, 5.74) is 8.98. The highest BCUT2D eigenvalue weighted by atomic mass is 16.3. The maximum Gasteiger partial charge on any atom is 0.234 e. The van der Waals surface area contributed by atoms with Crippen molar-refractivity contribution in [3.05, 3.63) is 199 Å². The van der Waals surface area contributed by atoms with Crippen LogP contribution >= 0.6 is 0 Å². The van der Waals surface area contributed by atoms with Crippen LogP contribution in [0.15, 0.2) is 202 Å². The standard InChI is InChI=1S/C53H33N5O/c1-2-14-33-27-36(26-25-32(33)13-1)51-54-52(56-53(55-51)58-44-22-10-5-17-38(44)39-18-6-11-23-45(39)58)37-30-47(50-41-20-8-12-24-48(41)59-49(50)31-37)57-43-21-9-7-19-40(43)42-28-34-15-3-4-16-35(34)29-46(42)57/h1-31,51H,(H,54,55,56). The van der Waals surface area contributed by atoms with Crippen LogP contribution in [0.1, 0.15) is 17.3 Å². The molecule has 13 rings (SSSR count). The van der Waals surface area contributed by atoms with E-state index in [1.807, 2.05) is 6.07 Å². The van der Waals surface area contributed by atoms with Crippen molar-refractivity contribution in [1.82, 2.24) is 14.5 Å². The predicted octanol–water partition coefficient (Wildman–Crippen LogP) is 13.1. The molecule has 0 saturated carbocycles.